The molecular weight excluding hydrogens is 318 g/mol. The average Bonchev–Trinajstić information content (AvgIpc) is 3.47. The average molecular weight is 340 g/mol. The van der Waals surface area contributed by atoms with Gasteiger partial charge >= 0.3 is 0 Å². The Kier molecular flexibility index (Phi) is 4.09. The fourth-order valence-electron chi connectivity index (χ4n) is 3.46. The fraction of sp³-hybridized carbons (Fsp3) is 0.381. The summed E-state index contributed by atoms with van der Waals surface area (Å²) >= 11 is 6.30. The molecule has 2 atom stereocenters. The van der Waals surface area contributed by atoms with E-state index in [-0.39, 0.29) is 5.92 Å². The predicted molar refractivity (Wildman–Crippen MR) is 97.1 cm³/mol. The highest BCUT2D eigenvalue weighted by Crippen LogP contribution is 2.51. The lowest BCUT2D eigenvalue weighted by Gasteiger charge is -2.23. The van der Waals surface area contributed by atoms with Gasteiger partial charge in [0.25, 0.3) is 0 Å². The van der Waals surface area contributed by atoms with Crippen molar-refractivity contribution in [3.63, 3.8) is 0 Å². The normalized spacial score (nSPS) is 22.2. The van der Waals surface area contributed by atoms with Crippen LogP contribution in [-0.4, -0.2) is 16.8 Å². The van der Waals surface area contributed by atoms with E-state index in [9.17, 15) is 4.79 Å². The third-order valence-corrected chi connectivity index (χ3v) is 5.50. The molecule has 2 aliphatic carbocycles. The lowest BCUT2D eigenvalue weighted by Crippen LogP contribution is -2.34. The molecule has 0 radical (unpaired) electrons. The molecule has 0 aromatic heterocycles. The second-order valence-corrected chi connectivity index (χ2v) is 7.56. The Morgan fingerprint density at radius 2 is 1.83 bits per heavy atom. The molecule has 4 rings (SSSR count). The zero-order valence-corrected chi connectivity index (χ0v) is 14.7. The number of carbonyl (C=O) groups is 1. The summed E-state index contributed by atoms with van der Waals surface area (Å²) in [5, 5.41) is 0.786. The van der Waals surface area contributed by atoms with Crippen molar-refractivity contribution in [1.82, 2.24) is 4.90 Å². The minimum Gasteiger partial charge on any atom is -0.335 e. The molecule has 0 bridgehead atoms. The maximum Gasteiger partial charge on any atom is 0.226 e. The van der Waals surface area contributed by atoms with Crippen molar-refractivity contribution >= 4 is 17.5 Å². The van der Waals surface area contributed by atoms with E-state index in [2.05, 4.69) is 42.2 Å². The first-order valence-corrected chi connectivity index (χ1v) is 9.12. The Bertz CT molecular complexity index is 751. The Hall–Kier alpha value is -1.80. The highest BCUT2D eigenvalue weighted by atomic mass is 35.5. The quantitative estimate of drug-likeness (QED) is 0.755. The number of halogens is 1. The smallest absolute Gasteiger partial charge is 0.226 e. The van der Waals surface area contributed by atoms with Crippen molar-refractivity contribution in [1.29, 1.82) is 0 Å². The van der Waals surface area contributed by atoms with Crippen molar-refractivity contribution in [3.8, 4) is 0 Å². The molecule has 0 spiro atoms. The predicted octanol–water partition coefficient (Wildman–Crippen LogP) is 4.94. The molecule has 2 fully saturated rings. The van der Waals surface area contributed by atoms with Gasteiger partial charge in [0.05, 0.1) is 0 Å². The molecule has 1 amide bonds. The van der Waals surface area contributed by atoms with Crippen molar-refractivity contribution in [2.45, 2.75) is 44.7 Å². The Labute approximate surface area is 148 Å². The second-order valence-electron chi connectivity index (χ2n) is 7.15. The second kappa shape index (κ2) is 6.25. The molecule has 124 valence electrons. The van der Waals surface area contributed by atoms with Crippen LogP contribution in [0.1, 0.15) is 41.9 Å². The minimum absolute atomic E-state index is 0.107. The van der Waals surface area contributed by atoms with Gasteiger partial charge in [0, 0.05) is 23.5 Å². The van der Waals surface area contributed by atoms with Gasteiger partial charge in [-0.3, -0.25) is 4.79 Å². The number of hydrogen-bond donors (Lipinski definition) is 0. The van der Waals surface area contributed by atoms with Gasteiger partial charge in [-0.2, -0.15) is 0 Å². The summed E-state index contributed by atoms with van der Waals surface area (Å²) < 4.78 is 0. The van der Waals surface area contributed by atoms with E-state index in [1.54, 1.807) is 0 Å². The molecule has 0 aliphatic heterocycles. The molecule has 2 aliphatic rings. The topological polar surface area (TPSA) is 20.3 Å². The van der Waals surface area contributed by atoms with Gasteiger partial charge in [-0.15, -0.1) is 0 Å². The number of amides is 1. The third-order valence-electron chi connectivity index (χ3n) is 5.16. The van der Waals surface area contributed by atoms with Crippen LogP contribution < -0.4 is 0 Å². The lowest BCUT2D eigenvalue weighted by atomic mass is 10.1. The summed E-state index contributed by atoms with van der Waals surface area (Å²) in [6.45, 7) is 2.82. The molecule has 24 heavy (non-hydrogen) atoms. The standard InChI is InChI=1S/C21H22ClNO/c1-14-6-8-15(9-7-14)13-23(16-10-11-16)21(24)19-12-18(19)17-4-2-3-5-20(17)22/h2-9,16,18-19H,10-13H2,1H3. The Morgan fingerprint density at radius 1 is 1.12 bits per heavy atom. The number of benzene rings is 2. The van der Waals surface area contributed by atoms with Gasteiger partial charge in [0.1, 0.15) is 0 Å². The van der Waals surface area contributed by atoms with Crippen molar-refractivity contribution in [2.24, 2.45) is 5.92 Å². The minimum atomic E-state index is 0.107. The summed E-state index contributed by atoms with van der Waals surface area (Å²) in [6.07, 6.45) is 3.21. The van der Waals surface area contributed by atoms with E-state index < -0.39 is 0 Å². The zero-order valence-electron chi connectivity index (χ0n) is 13.9. The number of carbonyl (C=O) groups excluding carboxylic acids is 1. The van der Waals surface area contributed by atoms with Crippen LogP contribution in [0.15, 0.2) is 48.5 Å². The first kappa shape index (κ1) is 15.7. The summed E-state index contributed by atoms with van der Waals surface area (Å²) in [6, 6.07) is 16.9. The molecule has 2 aromatic rings. The zero-order chi connectivity index (χ0) is 16.7. The van der Waals surface area contributed by atoms with Crippen LogP contribution in [0.3, 0.4) is 0 Å². The van der Waals surface area contributed by atoms with Crippen molar-refractivity contribution in [3.05, 3.63) is 70.2 Å². The van der Waals surface area contributed by atoms with Crippen molar-refractivity contribution < 1.29 is 4.79 Å². The van der Waals surface area contributed by atoms with Gasteiger partial charge in [-0.1, -0.05) is 59.6 Å². The van der Waals surface area contributed by atoms with E-state index >= 15 is 0 Å². The Morgan fingerprint density at radius 3 is 2.50 bits per heavy atom. The lowest BCUT2D eigenvalue weighted by molar-refractivity contribution is -0.133. The first-order chi connectivity index (χ1) is 11.6. The first-order valence-electron chi connectivity index (χ1n) is 8.74. The van der Waals surface area contributed by atoms with Gasteiger partial charge in [0.2, 0.25) is 5.91 Å². The highest BCUT2D eigenvalue weighted by Gasteiger charge is 2.48. The van der Waals surface area contributed by atoms with Crippen LogP contribution in [0.2, 0.25) is 5.02 Å². The van der Waals surface area contributed by atoms with E-state index in [0.29, 0.717) is 17.9 Å². The molecule has 0 saturated heterocycles. The van der Waals surface area contributed by atoms with Crippen LogP contribution in [0.25, 0.3) is 0 Å². The largest absolute Gasteiger partial charge is 0.335 e. The number of aryl methyl sites for hydroxylation is 1. The molecular formula is C21H22ClNO. The monoisotopic (exact) mass is 339 g/mol. The number of rotatable bonds is 5. The van der Waals surface area contributed by atoms with Crippen LogP contribution in [0.5, 0.6) is 0 Å². The maximum absolute atomic E-state index is 13.0. The fourth-order valence-corrected chi connectivity index (χ4v) is 3.74. The number of hydrogen-bond acceptors (Lipinski definition) is 1. The van der Waals surface area contributed by atoms with Crippen LogP contribution in [-0.2, 0) is 11.3 Å². The third kappa shape index (κ3) is 3.21. The summed E-state index contributed by atoms with van der Waals surface area (Å²) in [4.78, 5) is 15.1. The Balaban J connectivity index is 1.48. The van der Waals surface area contributed by atoms with Crippen LogP contribution in [0, 0.1) is 12.8 Å². The maximum atomic E-state index is 13.0. The number of nitrogens with zero attached hydrogens (tertiary/aromatic N) is 1. The van der Waals surface area contributed by atoms with Gasteiger partial charge < -0.3 is 4.90 Å². The molecule has 0 N–H and O–H groups in total. The molecule has 2 nitrogen and oxygen atoms in total. The van der Waals surface area contributed by atoms with Crippen LogP contribution >= 0.6 is 11.6 Å². The van der Waals surface area contributed by atoms with E-state index in [0.717, 1.165) is 36.4 Å². The summed E-state index contributed by atoms with van der Waals surface area (Å²) in [5.41, 5.74) is 3.60. The van der Waals surface area contributed by atoms with Crippen molar-refractivity contribution in [2.75, 3.05) is 0 Å². The van der Waals surface area contributed by atoms with E-state index in [1.165, 1.54) is 11.1 Å². The van der Waals surface area contributed by atoms with Gasteiger partial charge in [-0.25, -0.2) is 0 Å². The molecule has 2 saturated carbocycles. The summed E-state index contributed by atoms with van der Waals surface area (Å²) in [7, 11) is 0. The SMILES string of the molecule is Cc1ccc(CN(C(=O)C2CC2c2ccccc2Cl)C2CC2)cc1. The summed E-state index contributed by atoms with van der Waals surface area (Å²) in [5.74, 6) is 0.712. The van der Waals surface area contributed by atoms with Crippen LogP contribution in [0.4, 0.5) is 0 Å². The van der Waals surface area contributed by atoms with E-state index in [4.69, 9.17) is 11.6 Å². The molecule has 0 heterocycles. The molecule has 2 aromatic carbocycles. The van der Waals surface area contributed by atoms with Gasteiger partial charge in [-0.05, 0) is 49.3 Å². The van der Waals surface area contributed by atoms with E-state index in [1.807, 2.05) is 18.2 Å². The highest BCUT2D eigenvalue weighted by molar-refractivity contribution is 6.31. The van der Waals surface area contributed by atoms with Gasteiger partial charge in [0.15, 0.2) is 0 Å². The molecule has 3 heteroatoms. The molecule has 2 unspecified atom stereocenters.